The molecule has 0 spiro atoms. The van der Waals surface area contributed by atoms with Crippen LogP contribution < -0.4 is 5.32 Å². The van der Waals surface area contributed by atoms with E-state index < -0.39 is 5.91 Å². The SMILES string of the molecule is CCCCNC(=O)C1=C(O)CC(C)(C)CC1=O. The Hall–Kier alpha value is -1.32. The van der Waals surface area contributed by atoms with Crippen molar-refractivity contribution in [2.45, 2.75) is 46.5 Å². The van der Waals surface area contributed by atoms with E-state index in [2.05, 4.69) is 5.32 Å². The molecule has 0 fully saturated rings. The van der Waals surface area contributed by atoms with Crippen LogP contribution in [0.1, 0.15) is 46.5 Å². The van der Waals surface area contributed by atoms with Crippen molar-refractivity contribution in [1.82, 2.24) is 5.32 Å². The molecule has 0 aromatic rings. The Morgan fingerprint density at radius 1 is 1.41 bits per heavy atom. The highest BCUT2D eigenvalue weighted by molar-refractivity contribution is 6.20. The lowest BCUT2D eigenvalue weighted by Gasteiger charge is -2.28. The second kappa shape index (κ2) is 5.34. The first-order valence-corrected chi connectivity index (χ1v) is 6.11. The summed E-state index contributed by atoms with van der Waals surface area (Å²) < 4.78 is 0. The van der Waals surface area contributed by atoms with Gasteiger partial charge in [-0.1, -0.05) is 27.2 Å². The quantitative estimate of drug-likeness (QED) is 0.583. The minimum absolute atomic E-state index is 0.0413. The second-order valence-electron chi connectivity index (χ2n) is 5.37. The molecular formula is C13H21NO3. The standard InChI is InChI=1S/C13H21NO3/c1-4-5-6-14-12(17)11-9(15)7-13(2,3)8-10(11)16/h15H,4-8H2,1-3H3,(H,14,17). The van der Waals surface area contributed by atoms with Crippen LogP contribution in [-0.2, 0) is 9.59 Å². The number of allylic oxidation sites excluding steroid dienone is 1. The molecule has 1 rings (SSSR count). The molecule has 0 saturated heterocycles. The molecule has 0 heterocycles. The van der Waals surface area contributed by atoms with Gasteiger partial charge in [0.05, 0.1) is 0 Å². The predicted molar refractivity (Wildman–Crippen MR) is 65.6 cm³/mol. The van der Waals surface area contributed by atoms with Crippen LogP contribution in [0.15, 0.2) is 11.3 Å². The maximum absolute atomic E-state index is 11.8. The van der Waals surface area contributed by atoms with E-state index in [1.54, 1.807) is 0 Å². The first kappa shape index (κ1) is 13.7. The summed E-state index contributed by atoms with van der Waals surface area (Å²) >= 11 is 0. The Balaban J connectivity index is 2.75. The summed E-state index contributed by atoms with van der Waals surface area (Å²) in [4.78, 5) is 23.6. The molecule has 4 heteroatoms. The van der Waals surface area contributed by atoms with E-state index in [9.17, 15) is 14.7 Å². The van der Waals surface area contributed by atoms with Gasteiger partial charge < -0.3 is 10.4 Å². The summed E-state index contributed by atoms with van der Waals surface area (Å²) in [5, 5.41) is 12.5. The van der Waals surface area contributed by atoms with E-state index in [0.29, 0.717) is 19.4 Å². The molecule has 17 heavy (non-hydrogen) atoms. The van der Waals surface area contributed by atoms with Gasteiger partial charge in [0.1, 0.15) is 11.3 Å². The normalized spacial score (nSPS) is 19.4. The zero-order valence-corrected chi connectivity index (χ0v) is 10.8. The van der Waals surface area contributed by atoms with E-state index in [0.717, 1.165) is 12.8 Å². The average Bonchev–Trinajstić information content (AvgIpc) is 2.14. The van der Waals surface area contributed by atoms with Crippen LogP contribution >= 0.6 is 0 Å². The number of Topliss-reactive ketones (excluding diaryl/α,β-unsaturated/α-hetero) is 1. The van der Waals surface area contributed by atoms with E-state index in [1.807, 2.05) is 20.8 Å². The Bertz CT molecular complexity index is 356. The smallest absolute Gasteiger partial charge is 0.258 e. The fourth-order valence-electron chi connectivity index (χ4n) is 2.01. The van der Waals surface area contributed by atoms with Crippen molar-refractivity contribution >= 4 is 11.7 Å². The number of amides is 1. The number of ketones is 1. The number of carbonyl (C=O) groups excluding carboxylic acids is 2. The Kier molecular flexibility index (Phi) is 4.32. The van der Waals surface area contributed by atoms with Gasteiger partial charge in [0.2, 0.25) is 0 Å². The molecule has 4 nitrogen and oxygen atoms in total. The molecule has 0 radical (unpaired) electrons. The van der Waals surface area contributed by atoms with Gasteiger partial charge in [-0.15, -0.1) is 0 Å². The number of hydrogen-bond acceptors (Lipinski definition) is 3. The van der Waals surface area contributed by atoms with Crippen molar-refractivity contribution in [3.05, 3.63) is 11.3 Å². The molecule has 1 amide bonds. The van der Waals surface area contributed by atoms with Crippen molar-refractivity contribution in [2.24, 2.45) is 5.41 Å². The maximum atomic E-state index is 11.8. The monoisotopic (exact) mass is 239 g/mol. The maximum Gasteiger partial charge on any atom is 0.258 e. The second-order valence-corrected chi connectivity index (χ2v) is 5.37. The van der Waals surface area contributed by atoms with Crippen molar-refractivity contribution in [2.75, 3.05) is 6.54 Å². The van der Waals surface area contributed by atoms with Crippen LogP contribution in [0.25, 0.3) is 0 Å². The van der Waals surface area contributed by atoms with Gasteiger partial charge in [-0.2, -0.15) is 0 Å². The number of carbonyl (C=O) groups is 2. The summed E-state index contributed by atoms with van der Waals surface area (Å²) in [5.74, 6) is -0.760. The molecule has 0 atom stereocenters. The van der Waals surface area contributed by atoms with Crippen LogP contribution in [0.3, 0.4) is 0 Å². The first-order chi connectivity index (χ1) is 7.87. The zero-order chi connectivity index (χ0) is 13.1. The fourth-order valence-corrected chi connectivity index (χ4v) is 2.01. The van der Waals surface area contributed by atoms with Gasteiger partial charge in [0, 0.05) is 19.4 Å². The van der Waals surface area contributed by atoms with E-state index in [-0.39, 0.29) is 22.5 Å². The zero-order valence-electron chi connectivity index (χ0n) is 10.8. The average molecular weight is 239 g/mol. The number of aliphatic hydroxyl groups excluding tert-OH is 1. The van der Waals surface area contributed by atoms with Gasteiger partial charge in [-0.25, -0.2) is 0 Å². The number of aliphatic hydroxyl groups is 1. The summed E-state index contributed by atoms with van der Waals surface area (Å²) in [5.41, 5.74) is -0.297. The molecule has 1 aliphatic rings. The lowest BCUT2D eigenvalue weighted by Crippen LogP contribution is -2.35. The van der Waals surface area contributed by atoms with E-state index >= 15 is 0 Å². The third kappa shape index (κ3) is 3.58. The third-order valence-corrected chi connectivity index (χ3v) is 2.90. The van der Waals surface area contributed by atoms with Crippen LogP contribution in [-0.4, -0.2) is 23.3 Å². The molecular weight excluding hydrogens is 218 g/mol. The van der Waals surface area contributed by atoms with Crippen LogP contribution in [0, 0.1) is 5.41 Å². The minimum Gasteiger partial charge on any atom is -0.511 e. The van der Waals surface area contributed by atoms with Crippen LogP contribution in [0.5, 0.6) is 0 Å². The van der Waals surface area contributed by atoms with Gasteiger partial charge in [0.25, 0.3) is 5.91 Å². The van der Waals surface area contributed by atoms with Crippen LogP contribution in [0.2, 0.25) is 0 Å². The largest absolute Gasteiger partial charge is 0.511 e. The molecule has 0 aromatic heterocycles. The first-order valence-electron chi connectivity index (χ1n) is 6.11. The summed E-state index contributed by atoms with van der Waals surface area (Å²) in [6, 6.07) is 0. The third-order valence-electron chi connectivity index (χ3n) is 2.90. The molecule has 0 unspecified atom stereocenters. The van der Waals surface area contributed by atoms with Crippen LogP contribution in [0.4, 0.5) is 0 Å². The molecule has 2 N–H and O–H groups in total. The Morgan fingerprint density at radius 2 is 2.06 bits per heavy atom. The summed E-state index contributed by atoms with van der Waals surface area (Å²) in [6.07, 6.45) is 2.55. The molecule has 96 valence electrons. The fraction of sp³-hybridized carbons (Fsp3) is 0.692. The number of rotatable bonds is 4. The Morgan fingerprint density at radius 3 is 2.59 bits per heavy atom. The van der Waals surface area contributed by atoms with E-state index in [1.165, 1.54) is 0 Å². The molecule has 0 aliphatic heterocycles. The lowest BCUT2D eigenvalue weighted by molar-refractivity contribution is -0.124. The van der Waals surface area contributed by atoms with Crippen molar-refractivity contribution < 1.29 is 14.7 Å². The lowest BCUT2D eigenvalue weighted by atomic mass is 9.76. The van der Waals surface area contributed by atoms with Gasteiger partial charge in [0.15, 0.2) is 5.78 Å². The van der Waals surface area contributed by atoms with E-state index in [4.69, 9.17) is 0 Å². The van der Waals surface area contributed by atoms with Crippen molar-refractivity contribution in [3.63, 3.8) is 0 Å². The highest BCUT2D eigenvalue weighted by Crippen LogP contribution is 2.35. The molecule has 1 aliphatic carbocycles. The molecule has 0 aromatic carbocycles. The Labute approximate surface area is 102 Å². The van der Waals surface area contributed by atoms with Gasteiger partial charge in [-0.05, 0) is 11.8 Å². The minimum atomic E-state index is -0.434. The topological polar surface area (TPSA) is 66.4 Å². The van der Waals surface area contributed by atoms with Crippen molar-refractivity contribution in [3.8, 4) is 0 Å². The number of nitrogens with one attached hydrogen (secondary N) is 1. The molecule has 0 saturated carbocycles. The summed E-state index contributed by atoms with van der Waals surface area (Å²) in [6.45, 7) is 6.39. The predicted octanol–water partition coefficient (Wildman–Crippen LogP) is 2.10. The van der Waals surface area contributed by atoms with Crippen molar-refractivity contribution in [1.29, 1.82) is 0 Å². The highest BCUT2D eigenvalue weighted by Gasteiger charge is 2.35. The van der Waals surface area contributed by atoms with Gasteiger partial charge >= 0.3 is 0 Å². The number of unbranched alkanes of at least 4 members (excludes halogenated alkanes) is 1. The highest BCUT2D eigenvalue weighted by atomic mass is 16.3. The number of hydrogen-bond donors (Lipinski definition) is 2. The summed E-state index contributed by atoms with van der Waals surface area (Å²) in [7, 11) is 0. The molecule has 0 bridgehead atoms. The van der Waals surface area contributed by atoms with Gasteiger partial charge in [-0.3, -0.25) is 9.59 Å².